The number of hydrogen-bond acceptors (Lipinski definition) is 3. The van der Waals surface area contributed by atoms with E-state index in [0.717, 1.165) is 5.69 Å². The van der Waals surface area contributed by atoms with Crippen LogP contribution in [0.15, 0.2) is 29.0 Å². The molecule has 0 bridgehead atoms. The molecule has 2 rings (SSSR count). The van der Waals surface area contributed by atoms with Gasteiger partial charge < -0.3 is 5.32 Å². The molecule has 2 aromatic rings. The summed E-state index contributed by atoms with van der Waals surface area (Å²) in [6.45, 7) is 4.44. The Morgan fingerprint density at radius 2 is 2.00 bits per heavy atom. The van der Waals surface area contributed by atoms with Crippen LogP contribution >= 0.6 is 15.9 Å². The van der Waals surface area contributed by atoms with E-state index in [9.17, 15) is 8.78 Å². The molecule has 0 aliphatic heterocycles. The summed E-state index contributed by atoms with van der Waals surface area (Å²) in [7, 11) is 0. The van der Waals surface area contributed by atoms with E-state index in [1.54, 1.807) is 12.4 Å². The summed E-state index contributed by atoms with van der Waals surface area (Å²) in [5.74, 6) is -1.13. The molecule has 21 heavy (non-hydrogen) atoms. The van der Waals surface area contributed by atoms with E-state index >= 15 is 0 Å². The molecule has 3 nitrogen and oxygen atoms in total. The molecule has 1 aromatic carbocycles. The molecule has 0 radical (unpaired) electrons. The first-order valence-corrected chi connectivity index (χ1v) is 7.46. The summed E-state index contributed by atoms with van der Waals surface area (Å²) in [6, 6.07) is 2.33. The van der Waals surface area contributed by atoms with Crippen molar-refractivity contribution in [3.8, 4) is 0 Å². The van der Waals surface area contributed by atoms with E-state index < -0.39 is 11.6 Å². The number of halogens is 3. The summed E-state index contributed by atoms with van der Waals surface area (Å²) >= 11 is 3.08. The van der Waals surface area contributed by atoms with Crippen molar-refractivity contribution in [1.82, 2.24) is 15.3 Å². The van der Waals surface area contributed by atoms with Crippen LogP contribution < -0.4 is 5.32 Å². The Labute approximate surface area is 131 Å². The van der Waals surface area contributed by atoms with E-state index in [-0.39, 0.29) is 22.5 Å². The SMILES string of the molecule is CCNC(Cc1c(F)ccc(Br)c1F)c1cnc(C)cn1. The van der Waals surface area contributed by atoms with Crippen LogP contribution in [-0.4, -0.2) is 16.5 Å². The molecule has 1 atom stereocenters. The normalized spacial score (nSPS) is 12.4. The van der Waals surface area contributed by atoms with Gasteiger partial charge in [-0.05, 0) is 48.0 Å². The van der Waals surface area contributed by atoms with Gasteiger partial charge in [0.05, 0.1) is 28.1 Å². The van der Waals surface area contributed by atoms with Gasteiger partial charge >= 0.3 is 0 Å². The first kappa shape index (κ1) is 16.0. The van der Waals surface area contributed by atoms with Crippen LogP contribution in [-0.2, 0) is 6.42 Å². The van der Waals surface area contributed by atoms with Crippen molar-refractivity contribution < 1.29 is 8.78 Å². The highest BCUT2D eigenvalue weighted by molar-refractivity contribution is 9.10. The lowest BCUT2D eigenvalue weighted by atomic mass is 10.0. The molecule has 0 saturated heterocycles. The Morgan fingerprint density at radius 1 is 1.24 bits per heavy atom. The topological polar surface area (TPSA) is 37.8 Å². The highest BCUT2D eigenvalue weighted by atomic mass is 79.9. The second-order valence-corrected chi connectivity index (χ2v) is 5.57. The molecule has 0 spiro atoms. The van der Waals surface area contributed by atoms with E-state index in [4.69, 9.17) is 0 Å². The second kappa shape index (κ2) is 7.04. The molecular formula is C15H16BrF2N3. The zero-order valence-corrected chi connectivity index (χ0v) is 13.4. The molecule has 1 aromatic heterocycles. The monoisotopic (exact) mass is 355 g/mol. The Morgan fingerprint density at radius 3 is 2.62 bits per heavy atom. The van der Waals surface area contributed by atoms with Crippen LogP contribution in [0.25, 0.3) is 0 Å². The number of benzene rings is 1. The van der Waals surface area contributed by atoms with Crippen LogP contribution in [0.5, 0.6) is 0 Å². The summed E-state index contributed by atoms with van der Waals surface area (Å²) < 4.78 is 28.2. The Bertz CT molecular complexity index is 617. The van der Waals surface area contributed by atoms with Crippen LogP contribution in [0, 0.1) is 18.6 Å². The first-order valence-electron chi connectivity index (χ1n) is 6.67. The predicted molar refractivity (Wildman–Crippen MR) is 80.9 cm³/mol. The minimum absolute atomic E-state index is 0.0395. The van der Waals surface area contributed by atoms with Crippen molar-refractivity contribution in [3.63, 3.8) is 0 Å². The molecular weight excluding hydrogens is 340 g/mol. The molecule has 0 amide bonds. The van der Waals surface area contributed by atoms with Gasteiger partial charge in [0.2, 0.25) is 0 Å². The second-order valence-electron chi connectivity index (χ2n) is 4.72. The molecule has 0 aliphatic carbocycles. The van der Waals surface area contributed by atoms with E-state index in [1.807, 2.05) is 13.8 Å². The Kier molecular flexibility index (Phi) is 5.36. The maximum atomic E-state index is 14.1. The fourth-order valence-electron chi connectivity index (χ4n) is 2.07. The highest BCUT2D eigenvalue weighted by Gasteiger charge is 2.19. The molecule has 112 valence electrons. The van der Waals surface area contributed by atoms with Crippen LogP contribution in [0.1, 0.15) is 29.9 Å². The third-order valence-corrected chi connectivity index (χ3v) is 3.77. The maximum Gasteiger partial charge on any atom is 0.143 e. The van der Waals surface area contributed by atoms with Crippen molar-refractivity contribution in [1.29, 1.82) is 0 Å². The first-order chi connectivity index (χ1) is 10.0. The molecule has 0 aliphatic rings. The lowest BCUT2D eigenvalue weighted by molar-refractivity contribution is 0.489. The van der Waals surface area contributed by atoms with Gasteiger partial charge in [-0.25, -0.2) is 8.78 Å². The molecule has 6 heteroatoms. The standard InChI is InChI=1S/C15H16BrF2N3/c1-3-19-13(14-8-20-9(2)7-21-14)6-10-12(17)5-4-11(16)15(10)18/h4-5,7-8,13,19H,3,6H2,1-2H3. The third kappa shape index (κ3) is 3.83. The fraction of sp³-hybridized carbons (Fsp3) is 0.333. The highest BCUT2D eigenvalue weighted by Crippen LogP contribution is 2.26. The minimum Gasteiger partial charge on any atom is -0.309 e. The largest absolute Gasteiger partial charge is 0.309 e. The molecule has 1 unspecified atom stereocenters. The maximum absolute atomic E-state index is 14.1. The van der Waals surface area contributed by atoms with E-state index in [0.29, 0.717) is 12.2 Å². The molecule has 0 saturated carbocycles. The van der Waals surface area contributed by atoms with Crippen molar-refractivity contribution in [2.75, 3.05) is 6.54 Å². The van der Waals surface area contributed by atoms with Crippen molar-refractivity contribution >= 4 is 15.9 Å². The number of nitrogens with zero attached hydrogens (tertiary/aromatic N) is 2. The Balaban J connectivity index is 2.32. The molecule has 1 heterocycles. The van der Waals surface area contributed by atoms with Crippen LogP contribution in [0.3, 0.4) is 0 Å². The number of rotatable bonds is 5. The van der Waals surface area contributed by atoms with Crippen molar-refractivity contribution in [2.24, 2.45) is 0 Å². The molecule has 0 fully saturated rings. The Hall–Kier alpha value is -1.40. The van der Waals surface area contributed by atoms with Gasteiger partial charge in [0.1, 0.15) is 11.6 Å². The third-order valence-electron chi connectivity index (χ3n) is 3.16. The van der Waals surface area contributed by atoms with Gasteiger partial charge in [0, 0.05) is 11.8 Å². The summed E-state index contributed by atoms with van der Waals surface area (Å²) in [5.41, 5.74) is 1.51. The summed E-state index contributed by atoms with van der Waals surface area (Å²) in [5, 5.41) is 3.19. The van der Waals surface area contributed by atoms with Gasteiger partial charge in [-0.15, -0.1) is 0 Å². The number of nitrogens with one attached hydrogen (secondary N) is 1. The average Bonchev–Trinajstić information content (AvgIpc) is 2.47. The van der Waals surface area contributed by atoms with Gasteiger partial charge in [-0.2, -0.15) is 0 Å². The smallest absolute Gasteiger partial charge is 0.143 e. The van der Waals surface area contributed by atoms with E-state index in [1.165, 1.54) is 12.1 Å². The van der Waals surface area contributed by atoms with Crippen LogP contribution in [0.4, 0.5) is 8.78 Å². The number of hydrogen-bond donors (Lipinski definition) is 1. The van der Waals surface area contributed by atoms with Gasteiger partial charge in [-0.3, -0.25) is 9.97 Å². The quantitative estimate of drug-likeness (QED) is 0.830. The number of aromatic nitrogens is 2. The van der Waals surface area contributed by atoms with Gasteiger partial charge in [0.15, 0.2) is 0 Å². The summed E-state index contributed by atoms with van der Waals surface area (Å²) in [6.07, 6.45) is 3.45. The zero-order valence-electron chi connectivity index (χ0n) is 11.8. The average molecular weight is 356 g/mol. The summed E-state index contributed by atoms with van der Waals surface area (Å²) in [4.78, 5) is 8.48. The van der Waals surface area contributed by atoms with E-state index in [2.05, 4.69) is 31.2 Å². The zero-order chi connectivity index (χ0) is 15.4. The number of likely N-dealkylation sites (N-methyl/N-ethyl adjacent to an activating group) is 1. The van der Waals surface area contributed by atoms with Crippen molar-refractivity contribution in [3.05, 3.63) is 57.6 Å². The minimum atomic E-state index is -0.571. The fourth-order valence-corrected chi connectivity index (χ4v) is 2.44. The lowest BCUT2D eigenvalue weighted by Crippen LogP contribution is -2.25. The number of aryl methyl sites for hydroxylation is 1. The molecule has 1 N–H and O–H groups in total. The van der Waals surface area contributed by atoms with Crippen molar-refractivity contribution in [2.45, 2.75) is 26.3 Å². The van der Waals surface area contributed by atoms with Crippen LogP contribution in [0.2, 0.25) is 0 Å². The van der Waals surface area contributed by atoms with Gasteiger partial charge in [-0.1, -0.05) is 6.92 Å². The lowest BCUT2D eigenvalue weighted by Gasteiger charge is -2.18. The van der Waals surface area contributed by atoms with Gasteiger partial charge in [0.25, 0.3) is 0 Å². The predicted octanol–water partition coefficient (Wildman–Crippen LogP) is 3.72.